The van der Waals surface area contributed by atoms with Crippen LogP contribution in [0.4, 0.5) is 0 Å². The van der Waals surface area contributed by atoms with Gasteiger partial charge in [-0.15, -0.1) is 0 Å². The molecule has 0 saturated heterocycles. The summed E-state index contributed by atoms with van der Waals surface area (Å²) in [4.78, 5) is 4.45. The molecule has 3 unspecified atom stereocenters. The molecule has 1 aromatic heterocycles. The molecule has 3 atom stereocenters. The van der Waals surface area contributed by atoms with Gasteiger partial charge in [0.25, 0.3) is 0 Å². The summed E-state index contributed by atoms with van der Waals surface area (Å²) in [6.07, 6.45) is 7.03. The second kappa shape index (κ2) is 5.90. The highest BCUT2D eigenvalue weighted by molar-refractivity contribution is 5.82. The third-order valence-corrected chi connectivity index (χ3v) is 4.64. The normalized spacial score (nSPS) is 24.7. The predicted octanol–water partition coefficient (Wildman–Crippen LogP) is 3.57. The number of hydrogen-bond acceptors (Lipinski definition) is 3. The highest BCUT2D eigenvalue weighted by Crippen LogP contribution is 2.38. The quantitative estimate of drug-likeness (QED) is 0.661. The number of benzene rings is 1. The van der Waals surface area contributed by atoms with Gasteiger partial charge >= 0.3 is 0 Å². The molecule has 0 aliphatic heterocycles. The van der Waals surface area contributed by atoms with Crippen molar-refractivity contribution in [2.75, 3.05) is 0 Å². The van der Waals surface area contributed by atoms with Gasteiger partial charge in [0.1, 0.15) is 0 Å². The summed E-state index contributed by atoms with van der Waals surface area (Å²) in [5, 5.41) is 1.22. The average Bonchev–Trinajstić information content (AvgIpc) is 2.48. The fraction of sp³-hybridized carbons (Fsp3) is 0.471. The van der Waals surface area contributed by atoms with Crippen molar-refractivity contribution in [2.45, 2.75) is 38.6 Å². The maximum absolute atomic E-state index is 5.90. The van der Waals surface area contributed by atoms with Crippen molar-refractivity contribution in [1.82, 2.24) is 10.4 Å². The minimum atomic E-state index is 0.227. The fourth-order valence-electron chi connectivity index (χ4n) is 3.66. The third kappa shape index (κ3) is 2.56. The summed E-state index contributed by atoms with van der Waals surface area (Å²) in [7, 11) is 0. The molecule has 1 aliphatic carbocycles. The molecule has 2 aromatic rings. The standard InChI is InChI=1S/C17H23N3/c1-12-5-2-6-13(11-12)17(20-18)15-7-3-9-16-14(15)8-4-10-19-16/h3-4,7-10,12-13,17,20H,2,5-6,11,18H2,1H3. The summed E-state index contributed by atoms with van der Waals surface area (Å²) in [5.74, 6) is 7.33. The van der Waals surface area contributed by atoms with Gasteiger partial charge in [-0.05, 0) is 42.4 Å². The van der Waals surface area contributed by atoms with Crippen molar-refractivity contribution >= 4 is 10.9 Å². The molecule has 3 heteroatoms. The number of nitrogens with two attached hydrogens (primary N) is 1. The number of nitrogens with zero attached hydrogens (tertiary/aromatic N) is 1. The molecule has 3 nitrogen and oxygen atoms in total. The van der Waals surface area contributed by atoms with Crippen LogP contribution in [0.1, 0.15) is 44.2 Å². The van der Waals surface area contributed by atoms with E-state index >= 15 is 0 Å². The monoisotopic (exact) mass is 269 g/mol. The Balaban J connectivity index is 1.98. The van der Waals surface area contributed by atoms with Crippen LogP contribution in [0.25, 0.3) is 10.9 Å². The van der Waals surface area contributed by atoms with E-state index in [9.17, 15) is 0 Å². The first-order valence-corrected chi connectivity index (χ1v) is 7.59. The number of hydrogen-bond donors (Lipinski definition) is 2. The Kier molecular flexibility index (Phi) is 3.99. The molecule has 3 N–H and O–H groups in total. The highest BCUT2D eigenvalue weighted by atomic mass is 15.2. The highest BCUT2D eigenvalue weighted by Gasteiger charge is 2.28. The van der Waals surface area contributed by atoms with Crippen LogP contribution in [-0.2, 0) is 0 Å². The Morgan fingerprint density at radius 2 is 2.15 bits per heavy atom. The van der Waals surface area contributed by atoms with E-state index in [-0.39, 0.29) is 6.04 Å². The molecule has 1 saturated carbocycles. The lowest BCUT2D eigenvalue weighted by Crippen LogP contribution is -2.35. The molecule has 1 heterocycles. The number of fused-ring (bicyclic) bond motifs is 1. The molecule has 1 aliphatic rings. The van der Waals surface area contributed by atoms with Crippen LogP contribution in [0.15, 0.2) is 36.5 Å². The number of hydrazine groups is 1. The van der Waals surface area contributed by atoms with Crippen LogP contribution in [-0.4, -0.2) is 4.98 Å². The van der Waals surface area contributed by atoms with Crippen molar-refractivity contribution in [3.8, 4) is 0 Å². The van der Waals surface area contributed by atoms with Gasteiger partial charge in [-0.3, -0.25) is 16.3 Å². The molecule has 1 fully saturated rings. The lowest BCUT2D eigenvalue weighted by atomic mass is 9.76. The maximum atomic E-state index is 5.90. The average molecular weight is 269 g/mol. The molecule has 0 radical (unpaired) electrons. The van der Waals surface area contributed by atoms with Crippen LogP contribution in [0.3, 0.4) is 0 Å². The summed E-state index contributed by atoms with van der Waals surface area (Å²) in [6, 6.07) is 10.7. The van der Waals surface area contributed by atoms with Gasteiger partial charge in [0.15, 0.2) is 0 Å². The lowest BCUT2D eigenvalue weighted by Gasteiger charge is -2.33. The minimum Gasteiger partial charge on any atom is -0.271 e. The van der Waals surface area contributed by atoms with E-state index in [0.717, 1.165) is 11.4 Å². The zero-order valence-corrected chi connectivity index (χ0v) is 12.0. The lowest BCUT2D eigenvalue weighted by molar-refractivity contribution is 0.225. The molecule has 1 aromatic carbocycles. The predicted molar refractivity (Wildman–Crippen MR) is 82.9 cm³/mol. The van der Waals surface area contributed by atoms with E-state index in [1.807, 2.05) is 12.3 Å². The number of pyridine rings is 1. The Morgan fingerprint density at radius 1 is 1.25 bits per heavy atom. The van der Waals surface area contributed by atoms with Crippen LogP contribution in [0, 0.1) is 11.8 Å². The van der Waals surface area contributed by atoms with Gasteiger partial charge in [-0.25, -0.2) is 0 Å². The zero-order valence-electron chi connectivity index (χ0n) is 12.0. The van der Waals surface area contributed by atoms with E-state index in [2.05, 4.69) is 41.6 Å². The van der Waals surface area contributed by atoms with Crippen molar-refractivity contribution in [3.05, 3.63) is 42.1 Å². The Hall–Kier alpha value is -1.45. The first-order chi connectivity index (χ1) is 9.79. The molecular formula is C17H23N3. The molecule has 20 heavy (non-hydrogen) atoms. The van der Waals surface area contributed by atoms with E-state index in [1.54, 1.807) is 0 Å². The first kappa shape index (κ1) is 13.5. The summed E-state index contributed by atoms with van der Waals surface area (Å²) in [6.45, 7) is 2.35. The fourth-order valence-corrected chi connectivity index (χ4v) is 3.66. The van der Waals surface area contributed by atoms with Crippen LogP contribution in [0.2, 0.25) is 0 Å². The Bertz CT molecular complexity index is 576. The largest absolute Gasteiger partial charge is 0.271 e. The second-order valence-electron chi connectivity index (χ2n) is 6.09. The minimum absolute atomic E-state index is 0.227. The van der Waals surface area contributed by atoms with E-state index in [4.69, 9.17) is 5.84 Å². The van der Waals surface area contributed by atoms with E-state index in [0.29, 0.717) is 5.92 Å². The topological polar surface area (TPSA) is 50.9 Å². The van der Waals surface area contributed by atoms with Crippen molar-refractivity contribution in [3.63, 3.8) is 0 Å². The second-order valence-corrected chi connectivity index (χ2v) is 6.09. The van der Waals surface area contributed by atoms with Crippen molar-refractivity contribution < 1.29 is 0 Å². The van der Waals surface area contributed by atoms with Gasteiger partial charge in [0, 0.05) is 17.6 Å². The van der Waals surface area contributed by atoms with Crippen LogP contribution in [0.5, 0.6) is 0 Å². The molecule has 0 spiro atoms. The molecule has 106 valence electrons. The van der Waals surface area contributed by atoms with Gasteiger partial charge < -0.3 is 0 Å². The zero-order chi connectivity index (χ0) is 13.9. The van der Waals surface area contributed by atoms with Crippen molar-refractivity contribution in [2.24, 2.45) is 17.7 Å². The number of rotatable bonds is 3. The Morgan fingerprint density at radius 3 is 2.95 bits per heavy atom. The van der Waals surface area contributed by atoms with Gasteiger partial charge in [0.2, 0.25) is 0 Å². The van der Waals surface area contributed by atoms with Crippen molar-refractivity contribution in [1.29, 1.82) is 0 Å². The molecule has 0 amide bonds. The third-order valence-electron chi connectivity index (χ3n) is 4.64. The van der Waals surface area contributed by atoms with E-state index in [1.165, 1.54) is 36.6 Å². The molecule has 0 bridgehead atoms. The summed E-state index contributed by atoms with van der Waals surface area (Å²) < 4.78 is 0. The molecule has 3 rings (SSSR count). The summed E-state index contributed by atoms with van der Waals surface area (Å²) >= 11 is 0. The SMILES string of the molecule is CC1CCCC(C(NN)c2cccc3ncccc23)C1. The van der Waals surface area contributed by atoms with Crippen LogP contribution >= 0.6 is 0 Å². The maximum Gasteiger partial charge on any atom is 0.0705 e. The van der Waals surface area contributed by atoms with Gasteiger partial charge in [-0.1, -0.05) is 38.0 Å². The number of nitrogens with one attached hydrogen (secondary N) is 1. The van der Waals surface area contributed by atoms with Gasteiger partial charge in [-0.2, -0.15) is 0 Å². The van der Waals surface area contributed by atoms with Crippen LogP contribution < -0.4 is 11.3 Å². The molecular weight excluding hydrogens is 246 g/mol. The Labute approximate surface area is 120 Å². The van der Waals surface area contributed by atoms with E-state index < -0.39 is 0 Å². The smallest absolute Gasteiger partial charge is 0.0705 e. The summed E-state index contributed by atoms with van der Waals surface area (Å²) in [5.41, 5.74) is 5.41. The number of aromatic nitrogens is 1. The van der Waals surface area contributed by atoms with Gasteiger partial charge in [0.05, 0.1) is 5.52 Å². The first-order valence-electron chi connectivity index (χ1n) is 7.59.